The topological polar surface area (TPSA) is 173 Å². The number of carboxylic acids is 2. The average Bonchev–Trinajstić information content (AvgIpc) is 2.25. The molecule has 0 aromatic heterocycles. The third-order valence-electron chi connectivity index (χ3n) is 2.03. The predicted octanol–water partition coefficient (Wildman–Crippen LogP) is -1.98. The Bertz CT molecular complexity index is 393. The summed E-state index contributed by atoms with van der Waals surface area (Å²) in [5.74, 6) is -1.37. The van der Waals surface area contributed by atoms with Crippen LogP contribution in [0.5, 0.6) is 0 Å². The number of rotatable bonds is 7. The van der Waals surface area contributed by atoms with Gasteiger partial charge >= 0.3 is 23.9 Å². The highest BCUT2D eigenvalue weighted by Crippen LogP contribution is 2.17. The predicted molar refractivity (Wildman–Crippen MR) is 55.3 cm³/mol. The van der Waals surface area contributed by atoms with Gasteiger partial charge in [0.2, 0.25) is 0 Å². The summed E-state index contributed by atoms with van der Waals surface area (Å²) >= 11 is 0. The van der Waals surface area contributed by atoms with Crippen LogP contribution in [0.4, 0.5) is 0 Å². The lowest BCUT2D eigenvalue weighted by molar-refractivity contribution is -0.177. The highest BCUT2D eigenvalue weighted by Gasteiger charge is 2.42. The van der Waals surface area contributed by atoms with Gasteiger partial charge in [0.05, 0.1) is 12.8 Å². The minimum absolute atomic E-state index is 1.09. The summed E-state index contributed by atoms with van der Waals surface area (Å²) in [5.41, 5.74) is -2.82. The van der Waals surface area contributed by atoms with Gasteiger partial charge in [-0.1, -0.05) is 0 Å². The Kier molecular flexibility index (Phi) is 5.89. The second kappa shape index (κ2) is 6.66. The van der Waals surface area contributed by atoms with Gasteiger partial charge in [-0.15, -0.1) is 0 Å². The maximum Gasteiger partial charge on any atom is 0.365 e. The zero-order valence-corrected chi connectivity index (χ0v) is 9.86. The van der Waals surface area contributed by atoms with Crippen molar-refractivity contribution < 1.29 is 44.1 Å². The average molecular weight is 279 g/mol. The van der Waals surface area contributed by atoms with Crippen LogP contribution in [0, 0.1) is 0 Å². The van der Waals surface area contributed by atoms with Crippen molar-refractivity contribution >= 4 is 23.9 Å². The van der Waals surface area contributed by atoms with E-state index in [4.69, 9.17) is 10.2 Å². The first-order valence-electron chi connectivity index (χ1n) is 4.90. The summed E-state index contributed by atoms with van der Waals surface area (Å²) in [6.07, 6.45) is -3.76. The van der Waals surface area contributed by atoms with Crippen molar-refractivity contribution in [3.8, 4) is 0 Å². The number of hydrogen-bond acceptors (Lipinski definition) is 8. The van der Waals surface area contributed by atoms with Gasteiger partial charge in [-0.3, -0.25) is 9.59 Å². The third-order valence-corrected chi connectivity index (χ3v) is 2.03. The van der Waals surface area contributed by atoms with Crippen LogP contribution in [0.3, 0.4) is 0 Å². The maximum atomic E-state index is 11.3. The third kappa shape index (κ3) is 5.31. The van der Waals surface area contributed by atoms with Gasteiger partial charge in [0.25, 0.3) is 0 Å². The Morgan fingerprint density at radius 3 is 2.11 bits per heavy atom. The molecule has 0 aliphatic rings. The fraction of sp³-hybridized carbons (Fsp3) is 0.556. The number of carbonyl (C=O) groups is 4. The molecule has 0 bridgehead atoms. The molecule has 0 radical (unpaired) electrons. The summed E-state index contributed by atoms with van der Waals surface area (Å²) in [6, 6.07) is 0. The first-order chi connectivity index (χ1) is 8.62. The van der Waals surface area contributed by atoms with E-state index in [-0.39, 0.29) is 0 Å². The van der Waals surface area contributed by atoms with Gasteiger partial charge in [-0.05, 0) is 6.92 Å². The van der Waals surface area contributed by atoms with Crippen molar-refractivity contribution in [3.05, 3.63) is 0 Å². The molecule has 5 N–H and O–H groups in total. The molecule has 0 heterocycles. The van der Waals surface area contributed by atoms with E-state index in [1.807, 2.05) is 0 Å². The second-order valence-corrected chi connectivity index (χ2v) is 3.65. The van der Waals surface area contributed by atoms with Crippen LogP contribution in [0.15, 0.2) is 0 Å². The van der Waals surface area contributed by atoms with E-state index >= 15 is 0 Å². The van der Waals surface area contributed by atoms with Crippen LogP contribution < -0.4 is 5.90 Å². The quantitative estimate of drug-likeness (QED) is 0.302. The van der Waals surface area contributed by atoms with Crippen molar-refractivity contribution in [2.24, 2.45) is 5.90 Å². The molecule has 0 aliphatic heterocycles. The summed E-state index contributed by atoms with van der Waals surface area (Å²) in [4.78, 5) is 47.0. The smallest absolute Gasteiger partial charge is 0.365 e. The summed E-state index contributed by atoms with van der Waals surface area (Å²) in [6.45, 7) is 1.10. The molecule has 0 spiro atoms. The standard InChI is InChI=1S/C9H13NO9/c1-4(7(14)19-10)18-6(13)3-9(17,8(15)16)2-5(11)12/h4,17H,2-3,10H2,1H3,(H,11,12)(H,15,16). The molecule has 2 unspecified atom stereocenters. The minimum atomic E-state index is -2.82. The molecular formula is C9H13NO9. The van der Waals surface area contributed by atoms with Gasteiger partial charge in [0.15, 0.2) is 11.7 Å². The fourth-order valence-electron chi connectivity index (χ4n) is 1.09. The Morgan fingerprint density at radius 1 is 1.21 bits per heavy atom. The van der Waals surface area contributed by atoms with Crippen molar-refractivity contribution in [1.29, 1.82) is 0 Å². The van der Waals surface area contributed by atoms with Crippen LogP contribution in [0.1, 0.15) is 19.8 Å². The molecule has 0 fully saturated rings. The van der Waals surface area contributed by atoms with Gasteiger partial charge < -0.3 is 24.9 Å². The number of carbonyl (C=O) groups excluding carboxylic acids is 2. The Morgan fingerprint density at radius 2 is 1.74 bits per heavy atom. The number of nitrogens with two attached hydrogens (primary N) is 1. The lowest BCUT2D eigenvalue weighted by atomic mass is 9.96. The van der Waals surface area contributed by atoms with Gasteiger partial charge in [-0.2, -0.15) is 5.90 Å². The molecule has 108 valence electrons. The molecule has 19 heavy (non-hydrogen) atoms. The minimum Gasteiger partial charge on any atom is -0.481 e. The van der Waals surface area contributed by atoms with Crippen molar-refractivity contribution in [1.82, 2.24) is 0 Å². The van der Waals surface area contributed by atoms with Gasteiger partial charge in [-0.25, -0.2) is 9.59 Å². The van der Waals surface area contributed by atoms with Gasteiger partial charge in [0.1, 0.15) is 0 Å². The number of aliphatic hydroxyl groups is 1. The lowest BCUT2D eigenvalue weighted by Gasteiger charge is -2.21. The zero-order chi connectivity index (χ0) is 15.2. The van der Waals surface area contributed by atoms with E-state index in [9.17, 15) is 24.3 Å². The Labute approximate surface area is 106 Å². The zero-order valence-electron chi connectivity index (χ0n) is 9.86. The molecule has 0 aromatic carbocycles. The van der Waals surface area contributed by atoms with Crippen LogP contribution in [-0.4, -0.2) is 50.9 Å². The molecular weight excluding hydrogens is 266 g/mol. The van der Waals surface area contributed by atoms with E-state index in [0.717, 1.165) is 6.92 Å². The van der Waals surface area contributed by atoms with Crippen LogP contribution >= 0.6 is 0 Å². The number of hydrogen-bond donors (Lipinski definition) is 4. The maximum absolute atomic E-state index is 11.3. The Balaban J connectivity index is 4.70. The van der Waals surface area contributed by atoms with E-state index in [1.165, 1.54) is 0 Å². The number of esters is 1. The van der Waals surface area contributed by atoms with Crippen molar-refractivity contribution in [2.45, 2.75) is 31.5 Å². The van der Waals surface area contributed by atoms with E-state index in [1.54, 1.807) is 0 Å². The normalized spacial score (nSPS) is 14.9. The first-order valence-corrected chi connectivity index (χ1v) is 4.90. The van der Waals surface area contributed by atoms with Crippen molar-refractivity contribution in [3.63, 3.8) is 0 Å². The molecule has 10 nitrogen and oxygen atoms in total. The van der Waals surface area contributed by atoms with E-state index in [0.29, 0.717) is 0 Å². The second-order valence-electron chi connectivity index (χ2n) is 3.65. The molecule has 0 rings (SSSR count). The molecule has 0 saturated carbocycles. The Hall–Kier alpha value is -2.20. The fourth-order valence-corrected chi connectivity index (χ4v) is 1.09. The van der Waals surface area contributed by atoms with Gasteiger partial charge in [0, 0.05) is 0 Å². The highest BCUT2D eigenvalue weighted by atomic mass is 16.7. The SMILES string of the molecule is CC(OC(=O)CC(O)(CC(=O)O)C(=O)O)C(=O)ON. The summed E-state index contributed by atoms with van der Waals surface area (Å²) in [5, 5.41) is 26.7. The monoisotopic (exact) mass is 279 g/mol. The molecule has 2 atom stereocenters. The first kappa shape index (κ1) is 16.8. The molecule has 0 amide bonds. The molecule has 0 saturated heterocycles. The molecule has 0 aliphatic carbocycles. The number of aliphatic carboxylic acids is 2. The van der Waals surface area contributed by atoms with Crippen LogP contribution in [-0.2, 0) is 28.8 Å². The van der Waals surface area contributed by atoms with Crippen molar-refractivity contribution in [2.75, 3.05) is 0 Å². The largest absolute Gasteiger partial charge is 0.481 e. The summed E-state index contributed by atoms with van der Waals surface area (Å²) < 4.78 is 4.42. The van der Waals surface area contributed by atoms with E-state index < -0.39 is 48.4 Å². The highest BCUT2D eigenvalue weighted by molar-refractivity contribution is 5.89. The summed E-state index contributed by atoms with van der Waals surface area (Å²) in [7, 11) is 0. The van der Waals surface area contributed by atoms with E-state index in [2.05, 4.69) is 15.5 Å². The lowest BCUT2D eigenvalue weighted by Crippen LogP contribution is -2.44. The van der Waals surface area contributed by atoms with Crippen LogP contribution in [0.2, 0.25) is 0 Å². The van der Waals surface area contributed by atoms with Crippen LogP contribution in [0.25, 0.3) is 0 Å². The number of ether oxygens (including phenoxy) is 1. The molecule has 10 heteroatoms. The number of carboxylic acid groups (broad SMARTS) is 2. The molecule has 0 aromatic rings.